The molecule has 1 N–H and O–H groups in total. The van der Waals surface area contributed by atoms with Gasteiger partial charge in [0.25, 0.3) is 0 Å². The average Bonchev–Trinajstić information content (AvgIpc) is 3.39. The Bertz CT molecular complexity index is 1160. The fourth-order valence-electron chi connectivity index (χ4n) is 4.44. The van der Waals surface area contributed by atoms with E-state index in [4.69, 9.17) is 9.84 Å². The van der Waals surface area contributed by atoms with E-state index in [0.717, 1.165) is 66.0 Å². The van der Waals surface area contributed by atoms with Gasteiger partial charge in [0, 0.05) is 43.0 Å². The van der Waals surface area contributed by atoms with Crippen molar-refractivity contribution in [2.75, 3.05) is 11.9 Å². The number of fused-ring (bicyclic) bond motifs is 1. The maximum absolute atomic E-state index is 6.19. The summed E-state index contributed by atoms with van der Waals surface area (Å²) in [5.74, 6) is 1.84. The van der Waals surface area contributed by atoms with Crippen molar-refractivity contribution in [1.82, 2.24) is 24.5 Å². The molecule has 31 heavy (non-hydrogen) atoms. The van der Waals surface area contributed by atoms with Gasteiger partial charge in [0.15, 0.2) is 0 Å². The number of pyridine rings is 1. The van der Waals surface area contributed by atoms with E-state index in [-0.39, 0.29) is 6.10 Å². The van der Waals surface area contributed by atoms with Crippen LogP contribution in [0.25, 0.3) is 22.2 Å². The Morgan fingerprint density at radius 1 is 1.10 bits per heavy atom. The number of aryl methyl sites for hydroxylation is 1. The number of para-hydroxylation sites is 1. The lowest BCUT2D eigenvalue weighted by Gasteiger charge is -2.29. The highest BCUT2D eigenvalue weighted by Gasteiger charge is 2.27. The second-order valence-electron chi connectivity index (χ2n) is 8.17. The van der Waals surface area contributed by atoms with Crippen molar-refractivity contribution in [2.24, 2.45) is 7.05 Å². The van der Waals surface area contributed by atoms with Gasteiger partial charge >= 0.3 is 0 Å². The van der Waals surface area contributed by atoms with Gasteiger partial charge in [0.2, 0.25) is 0 Å². The van der Waals surface area contributed by atoms with Crippen LogP contribution in [0.15, 0.2) is 55.0 Å². The number of nitrogens with zero attached hydrogens (tertiary/aromatic N) is 5. The summed E-state index contributed by atoms with van der Waals surface area (Å²) in [4.78, 5) is 4.60. The molecule has 0 atom stereocenters. The van der Waals surface area contributed by atoms with Crippen LogP contribution in [0.3, 0.4) is 0 Å². The van der Waals surface area contributed by atoms with Crippen molar-refractivity contribution in [3.8, 4) is 17.0 Å². The van der Waals surface area contributed by atoms with E-state index in [2.05, 4.69) is 33.1 Å². The molecule has 4 aromatic rings. The van der Waals surface area contributed by atoms with Crippen molar-refractivity contribution < 1.29 is 4.74 Å². The Morgan fingerprint density at radius 3 is 2.61 bits per heavy atom. The maximum Gasteiger partial charge on any atom is 0.128 e. The van der Waals surface area contributed by atoms with Crippen LogP contribution in [0.1, 0.15) is 38.6 Å². The Kier molecular flexibility index (Phi) is 5.32. The molecule has 7 heteroatoms. The summed E-state index contributed by atoms with van der Waals surface area (Å²) in [5, 5.41) is 13.8. The van der Waals surface area contributed by atoms with E-state index in [1.807, 2.05) is 60.7 Å². The van der Waals surface area contributed by atoms with E-state index in [9.17, 15) is 0 Å². The lowest BCUT2D eigenvalue weighted by molar-refractivity contribution is 0.131. The maximum atomic E-state index is 6.19. The van der Waals surface area contributed by atoms with Crippen LogP contribution in [0.2, 0.25) is 0 Å². The summed E-state index contributed by atoms with van der Waals surface area (Å²) < 4.78 is 10.2. The summed E-state index contributed by atoms with van der Waals surface area (Å²) >= 11 is 0. The molecule has 1 fully saturated rings. The molecule has 1 aliphatic carbocycles. The van der Waals surface area contributed by atoms with E-state index in [0.29, 0.717) is 6.04 Å². The van der Waals surface area contributed by atoms with Gasteiger partial charge in [-0.2, -0.15) is 10.2 Å². The molecule has 3 aromatic heterocycles. The average molecular weight is 417 g/mol. The monoisotopic (exact) mass is 416 g/mol. The second-order valence-corrected chi connectivity index (χ2v) is 8.17. The van der Waals surface area contributed by atoms with Crippen LogP contribution in [0.4, 0.5) is 5.82 Å². The molecule has 1 aliphatic rings. The highest BCUT2D eigenvalue weighted by Crippen LogP contribution is 2.36. The molecular weight excluding hydrogens is 388 g/mol. The van der Waals surface area contributed by atoms with Gasteiger partial charge in [-0.05, 0) is 44.7 Å². The van der Waals surface area contributed by atoms with E-state index >= 15 is 0 Å². The van der Waals surface area contributed by atoms with Crippen LogP contribution in [0, 0.1) is 0 Å². The molecule has 160 valence electrons. The summed E-state index contributed by atoms with van der Waals surface area (Å²) in [6, 6.07) is 12.6. The van der Waals surface area contributed by atoms with Crippen molar-refractivity contribution in [3.05, 3.63) is 55.0 Å². The van der Waals surface area contributed by atoms with Crippen LogP contribution in [0.5, 0.6) is 5.75 Å². The summed E-state index contributed by atoms with van der Waals surface area (Å²) in [7, 11) is 1.93. The fourth-order valence-corrected chi connectivity index (χ4v) is 4.44. The molecule has 3 heterocycles. The van der Waals surface area contributed by atoms with Crippen LogP contribution in [-0.2, 0) is 7.05 Å². The molecule has 7 nitrogen and oxygen atoms in total. The molecule has 0 amide bonds. The van der Waals surface area contributed by atoms with E-state index in [1.165, 1.54) is 0 Å². The first-order valence-electron chi connectivity index (χ1n) is 11.0. The molecule has 0 spiro atoms. The molecule has 0 radical (unpaired) electrons. The molecule has 0 unspecified atom stereocenters. The topological polar surface area (TPSA) is 69.8 Å². The summed E-state index contributed by atoms with van der Waals surface area (Å²) in [5.41, 5.74) is 3.09. The minimum atomic E-state index is 0.261. The molecule has 0 bridgehead atoms. The zero-order chi connectivity index (χ0) is 21.2. The number of benzene rings is 1. The summed E-state index contributed by atoms with van der Waals surface area (Å²) in [6.45, 7) is 2.92. The molecule has 0 aliphatic heterocycles. The minimum Gasteiger partial charge on any atom is -0.490 e. The highest BCUT2D eigenvalue weighted by atomic mass is 16.5. The predicted molar refractivity (Wildman–Crippen MR) is 122 cm³/mol. The number of anilines is 1. The third kappa shape index (κ3) is 4.00. The van der Waals surface area contributed by atoms with Crippen molar-refractivity contribution in [3.63, 3.8) is 0 Å². The normalized spacial score (nSPS) is 18.9. The lowest BCUT2D eigenvalue weighted by Crippen LogP contribution is -2.26. The van der Waals surface area contributed by atoms with Gasteiger partial charge in [0.05, 0.1) is 23.9 Å². The Labute approximate surface area is 182 Å². The van der Waals surface area contributed by atoms with Crippen molar-refractivity contribution in [1.29, 1.82) is 0 Å². The zero-order valence-corrected chi connectivity index (χ0v) is 18.0. The van der Waals surface area contributed by atoms with E-state index in [1.54, 1.807) is 0 Å². The molecule has 5 rings (SSSR count). The fraction of sp³-hybridized carbons (Fsp3) is 0.375. The smallest absolute Gasteiger partial charge is 0.128 e. The third-order valence-electron chi connectivity index (χ3n) is 5.96. The Balaban J connectivity index is 1.43. The van der Waals surface area contributed by atoms with Crippen LogP contribution >= 0.6 is 0 Å². The first kappa shape index (κ1) is 19.6. The number of hydrogen-bond donors (Lipinski definition) is 1. The SMILES string of the molecule is CCNc1cc2c(cn1)c(-c1cnn(C)c1)nn2C1CCC(Oc2ccccc2)CC1. The largest absolute Gasteiger partial charge is 0.490 e. The number of aromatic nitrogens is 5. The number of ether oxygens (including phenoxy) is 1. The molecule has 0 saturated heterocycles. The Hall–Kier alpha value is -3.35. The Morgan fingerprint density at radius 2 is 1.90 bits per heavy atom. The predicted octanol–water partition coefficient (Wildman–Crippen LogP) is 4.83. The van der Waals surface area contributed by atoms with Crippen LogP contribution in [-0.4, -0.2) is 37.2 Å². The molecular formula is C24H28N6O. The number of nitrogens with one attached hydrogen (secondary N) is 1. The molecule has 1 aromatic carbocycles. The van der Waals surface area contributed by atoms with Gasteiger partial charge in [-0.25, -0.2) is 4.98 Å². The number of hydrogen-bond acceptors (Lipinski definition) is 5. The summed E-state index contributed by atoms with van der Waals surface area (Å²) in [6.07, 6.45) is 10.2. The first-order chi connectivity index (χ1) is 15.2. The highest BCUT2D eigenvalue weighted by molar-refractivity contribution is 5.93. The first-order valence-corrected chi connectivity index (χ1v) is 11.0. The van der Waals surface area contributed by atoms with Gasteiger partial charge < -0.3 is 10.1 Å². The molecule has 1 saturated carbocycles. The minimum absolute atomic E-state index is 0.261. The van der Waals surface area contributed by atoms with Gasteiger partial charge in [0.1, 0.15) is 17.3 Å². The quantitative estimate of drug-likeness (QED) is 0.488. The van der Waals surface area contributed by atoms with Gasteiger partial charge in [-0.3, -0.25) is 9.36 Å². The van der Waals surface area contributed by atoms with Gasteiger partial charge in [-0.15, -0.1) is 0 Å². The third-order valence-corrected chi connectivity index (χ3v) is 5.96. The number of rotatable bonds is 6. The van der Waals surface area contributed by atoms with Crippen molar-refractivity contribution >= 4 is 16.7 Å². The van der Waals surface area contributed by atoms with Crippen molar-refractivity contribution in [2.45, 2.75) is 44.8 Å². The van der Waals surface area contributed by atoms with Crippen LogP contribution < -0.4 is 10.1 Å². The lowest BCUT2D eigenvalue weighted by atomic mass is 9.93. The zero-order valence-electron chi connectivity index (χ0n) is 18.0. The van der Waals surface area contributed by atoms with Gasteiger partial charge in [-0.1, -0.05) is 18.2 Å². The second kappa shape index (κ2) is 8.41. The van der Waals surface area contributed by atoms with E-state index < -0.39 is 0 Å². The standard InChI is InChI=1S/C24H28N6O/c1-3-25-23-13-22-21(15-26-23)24(17-14-27-29(2)16-17)28-30(22)18-9-11-20(12-10-18)31-19-7-5-4-6-8-19/h4-8,13-16,18,20H,3,9-12H2,1-2H3,(H,25,26).